The van der Waals surface area contributed by atoms with E-state index in [4.69, 9.17) is 0 Å². The third kappa shape index (κ3) is 3.18. The van der Waals surface area contributed by atoms with Gasteiger partial charge < -0.3 is 0 Å². The molecule has 0 aromatic carbocycles. The molecule has 0 saturated heterocycles. The molecule has 0 aliphatic carbocycles. The van der Waals surface area contributed by atoms with E-state index in [-0.39, 0.29) is 13.1 Å². The molecule has 1 aliphatic rings. The molecule has 0 amide bonds. The highest BCUT2D eigenvalue weighted by molar-refractivity contribution is 8.19. The van der Waals surface area contributed by atoms with Crippen LogP contribution >= 0.6 is 23.9 Å². The van der Waals surface area contributed by atoms with Gasteiger partial charge in [-0.1, -0.05) is 0 Å². The Labute approximate surface area is 83.0 Å². The highest BCUT2D eigenvalue weighted by Gasteiger charge is 2.15. The largest absolute Gasteiger partial charge is 0.235 e. The lowest BCUT2D eigenvalue weighted by atomic mass is 10.5. The molecule has 1 aliphatic heterocycles. The molecule has 0 bridgehead atoms. The minimum atomic E-state index is 0.290. The average molecular weight is 215 g/mol. The van der Waals surface area contributed by atoms with Crippen LogP contribution in [-0.4, -0.2) is 25.2 Å². The second kappa shape index (κ2) is 5.75. The first-order chi connectivity index (χ1) is 6.38. The number of isocyanates is 2. The van der Waals surface area contributed by atoms with Gasteiger partial charge in [-0.3, -0.25) is 0 Å². The van der Waals surface area contributed by atoms with E-state index in [1.54, 1.807) is 0 Å². The van der Waals surface area contributed by atoms with Crippen LogP contribution in [0.3, 0.4) is 0 Å². The fraction of sp³-hybridized carbons (Fsp3) is 0.333. The van der Waals surface area contributed by atoms with Crippen LogP contribution in [0.25, 0.3) is 0 Å². The van der Waals surface area contributed by atoms with E-state index < -0.39 is 0 Å². The fourth-order valence-electron chi connectivity index (χ4n) is 0.684. The SMILES string of the molecule is O=C=NCC1=C(CN=C=O)SNS1. The van der Waals surface area contributed by atoms with Crippen LogP contribution in [0.1, 0.15) is 0 Å². The molecular formula is C6H5N3O2S2. The van der Waals surface area contributed by atoms with Gasteiger partial charge in [-0.25, -0.2) is 19.6 Å². The summed E-state index contributed by atoms with van der Waals surface area (Å²) < 4.78 is 2.92. The predicted octanol–water partition coefficient (Wildman–Crippen LogP) is 0.769. The fourth-order valence-corrected chi connectivity index (χ4v) is 2.52. The highest BCUT2D eigenvalue weighted by Crippen LogP contribution is 2.34. The summed E-state index contributed by atoms with van der Waals surface area (Å²) in [6.45, 7) is 0.579. The van der Waals surface area contributed by atoms with Crippen LogP contribution < -0.4 is 4.13 Å². The number of carbonyl (C=O) groups excluding carboxylic acids is 2. The van der Waals surface area contributed by atoms with E-state index >= 15 is 0 Å². The minimum Gasteiger partial charge on any atom is -0.211 e. The summed E-state index contributed by atoms with van der Waals surface area (Å²) in [5.74, 6) is 0. The Morgan fingerprint density at radius 1 is 1.08 bits per heavy atom. The van der Waals surface area contributed by atoms with Crippen molar-refractivity contribution in [2.24, 2.45) is 9.98 Å². The Morgan fingerprint density at radius 3 is 1.92 bits per heavy atom. The van der Waals surface area contributed by atoms with Crippen molar-refractivity contribution in [3.8, 4) is 0 Å². The normalized spacial score (nSPS) is 15.1. The molecule has 0 unspecified atom stereocenters. The maximum absolute atomic E-state index is 9.85. The van der Waals surface area contributed by atoms with Gasteiger partial charge in [0.05, 0.1) is 13.1 Å². The number of aliphatic imine (C=N–C) groups is 2. The van der Waals surface area contributed by atoms with Crippen molar-refractivity contribution in [3.63, 3.8) is 0 Å². The first-order valence-corrected chi connectivity index (χ1v) is 4.89. The standard InChI is InChI=1S/C6H5N3O2S2/c10-3-7-1-5-6(2-8-4-11)13-9-12-5/h9H,1-2H2. The van der Waals surface area contributed by atoms with E-state index in [0.29, 0.717) is 0 Å². The zero-order valence-corrected chi connectivity index (χ0v) is 8.07. The minimum absolute atomic E-state index is 0.290. The van der Waals surface area contributed by atoms with E-state index in [0.717, 1.165) is 9.81 Å². The number of nitrogens with zero attached hydrogens (tertiary/aromatic N) is 2. The lowest BCUT2D eigenvalue weighted by Gasteiger charge is -1.94. The van der Waals surface area contributed by atoms with Gasteiger partial charge in [-0.2, -0.15) is 4.13 Å². The third-order valence-corrected chi connectivity index (χ3v) is 3.25. The molecule has 0 atom stereocenters. The Bertz CT molecular complexity index is 286. The van der Waals surface area contributed by atoms with Crippen LogP contribution in [0.4, 0.5) is 0 Å². The summed E-state index contributed by atoms with van der Waals surface area (Å²) in [5, 5.41) is 0. The van der Waals surface area contributed by atoms with Crippen LogP contribution in [0.2, 0.25) is 0 Å². The van der Waals surface area contributed by atoms with E-state index in [9.17, 15) is 9.59 Å². The van der Waals surface area contributed by atoms with Crippen molar-refractivity contribution >= 4 is 36.1 Å². The first kappa shape index (κ1) is 10.2. The molecule has 7 heteroatoms. The monoisotopic (exact) mass is 215 g/mol. The molecule has 0 aromatic heterocycles. The molecular weight excluding hydrogens is 210 g/mol. The summed E-state index contributed by atoms with van der Waals surface area (Å²) in [4.78, 5) is 28.4. The van der Waals surface area contributed by atoms with Gasteiger partial charge in [-0.15, -0.1) is 0 Å². The molecule has 68 valence electrons. The molecule has 1 rings (SSSR count). The smallest absolute Gasteiger partial charge is 0.211 e. The van der Waals surface area contributed by atoms with Crippen LogP contribution in [0.5, 0.6) is 0 Å². The van der Waals surface area contributed by atoms with Gasteiger partial charge in [0, 0.05) is 9.81 Å². The lowest BCUT2D eigenvalue weighted by Crippen LogP contribution is -1.88. The highest BCUT2D eigenvalue weighted by atomic mass is 32.2. The Balaban J connectivity index is 2.64. The summed E-state index contributed by atoms with van der Waals surface area (Å²) >= 11 is 2.74. The van der Waals surface area contributed by atoms with Crippen LogP contribution in [0, 0.1) is 0 Å². The molecule has 0 radical (unpaired) electrons. The number of rotatable bonds is 4. The predicted molar refractivity (Wildman–Crippen MR) is 51.3 cm³/mol. The zero-order valence-electron chi connectivity index (χ0n) is 6.44. The van der Waals surface area contributed by atoms with Crippen molar-refractivity contribution in [3.05, 3.63) is 9.81 Å². The van der Waals surface area contributed by atoms with Crippen LogP contribution in [0.15, 0.2) is 19.8 Å². The molecule has 0 saturated carbocycles. The molecule has 0 spiro atoms. The van der Waals surface area contributed by atoms with Crippen molar-refractivity contribution in [2.45, 2.75) is 0 Å². The molecule has 0 aromatic rings. The van der Waals surface area contributed by atoms with Gasteiger partial charge >= 0.3 is 0 Å². The van der Waals surface area contributed by atoms with Gasteiger partial charge in [0.2, 0.25) is 12.2 Å². The van der Waals surface area contributed by atoms with Crippen molar-refractivity contribution < 1.29 is 9.59 Å². The van der Waals surface area contributed by atoms with E-state index in [1.165, 1.54) is 36.1 Å². The first-order valence-electron chi connectivity index (χ1n) is 3.26. The lowest BCUT2D eigenvalue weighted by molar-refractivity contribution is 0.563. The van der Waals surface area contributed by atoms with Gasteiger partial charge in [0.1, 0.15) is 0 Å². The average Bonchev–Trinajstić information content (AvgIpc) is 2.59. The number of nitrogens with one attached hydrogen (secondary N) is 1. The molecule has 1 heterocycles. The second-order valence-electron chi connectivity index (χ2n) is 1.95. The van der Waals surface area contributed by atoms with Crippen molar-refractivity contribution in [2.75, 3.05) is 13.1 Å². The maximum Gasteiger partial charge on any atom is 0.235 e. The summed E-state index contributed by atoms with van der Waals surface area (Å²) in [6, 6.07) is 0. The second-order valence-corrected chi connectivity index (χ2v) is 4.01. The molecule has 5 nitrogen and oxygen atoms in total. The van der Waals surface area contributed by atoms with Gasteiger partial charge in [0.25, 0.3) is 0 Å². The summed E-state index contributed by atoms with van der Waals surface area (Å²) in [7, 11) is 0. The topological polar surface area (TPSA) is 70.9 Å². The van der Waals surface area contributed by atoms with E-state index in [1.807, 2.05) is 0 Å². The van der Waals surface area contributed by atoms with Gasteiger partial charge in [0.15, 0.2) is 0 Å². The molecule has 13 heavy (non-hydrogen) atoms. The molecule has 0 fully saturated rings. The summed E-state index contributed by atoms with van der Waals surface area (Å²) in [6.07, 6.45) is 2.91. The van der Waals surface area contributed by atoms with Crippen molar-refractivity contribution in [1.82, 2.24) is 4.13 Å². The van der Waals surface area contributed by atoms with Crippen LogP contribution in [-0.2, 0) is 9.59 Å². The number of hydrogen-bond donors (Lipinski definition) is 1. The number of hydrogen-bond acceptors (Lipinski definition) is 7. The Hall–Kier alpha value is -0.840. The maximum atomic E-state index is 9.85. The molecule has 1 N–H and O–H groups in total. The summed E-state index contributed by atoms with van der Waals surface area (Å²) in [5.41, 5.74) is 0. The third-order valence-electron chi connectivity index (χ3n) is 1.22. The Kier molecular flexibility index (Phi) is 4.53. The zero-order chi connectivity index (χ0) is 9.52. The Morgan fingerprint density at radius 2 is 1.54 bits per heavy atom. The van der Waals surface area contributed by atoms with Crippen molar-refractivity contribution in [1.29, 1.82) is 0 Å². The van der Waals surface area contributed by atoms with E-state index in [2.05, 4.69) is 14.1 Å². The quantitative estimate of drug-likeness (QED) is 0.426. The van der Waals surface area contributed by atoms with Gasteiger partial charge in [-0.05, 0) is 23.9 Å².